The highest BCUT2D eigenvalue weighted by Gasteiger charge is 2.38. The van der Waals surface area contributed by atoms with Gasteiger partial charge in [-0.2, -0.15) is 13.2 Å². The predicted octanol–water partition coefficient (Wildman–Crippen LogP) is 2.33. The fraction of sp³-hybridized carbons (Fsp3) is 0.583. The number of anilines is 1. The zero-order valence-electron chi connectivity index (χ0n) is 10.2. The molecule has 1 saturated carbocycles. The van der Waals surface area contributed by atoms with Crippen LogP contribution in [0.25, 0.3) is 0 Å². The molecule has 1 N–H and O–H groups in total. The van der Waals surface area contributed by atoms with Crippen molar-refractivity contribution in [1.29, 1.82) is 0 Å². The van der Waals surface area contributed by atoms with Crippen molar-refractivity contribution in [2.24, 2.45) is 0 Å². The van der Waals surface area contributed by atoms with E-state index in [9.17, 15) is 13.2 Å². The number of rotatable bonds is 5. The molecular formula is C12H16F3N3. The van der Waals surface area contributed by atoms with E-state index in [1.165, 1.54) is 4.90 Å². The maximum absolute atomic E-state index is 12.5. The molecule has 0 atom stereocenters. The third-order valence-electron chi connectivity index (χ3n) is 2.78. The van der Waals surface area contributed by atoms with Gasteiger partial charge in [0, 0.05) is 12.6 Å². The average molecular weight is 259 g/mol. The molecule has 0 aliphatic heterocycles. The van der Waals surface area contributed by atoms with Gasteiger partial charge < -0.3 is 10.2 Å². The van der Waals surface area contributed by atoms with E-state index in [-0.39, 0.29) is 6.04 Å². The highest BCUT2D eigenvalue weighted by atomic mass is 19.4. The number of nitrogens with one attached hydrogen (secondary N) is 1. The molecule has 0 unspecified atom stereocenters. The Labute approximate surface area is 104 Å². The molecule has 0 bridgehead atoms. The molecule has 1 aromatic heterocycles. The average Bonchev–Trinajstić information content (AvgIpc) is 3.09. The second kappa shape index (κ2) is 5.14. The number of halogens is 3. The van der Waals surface area contributed by atoms with Gasteiger partial charge in [-0.1, -0.05) is 6.07 Å². The molecule has 0 amide bonds. The first-order valence-corrected chi connectivity index (χ1v) is 5.93. The first kappa shape index (κ1) is 13.1. The second-order valence-electron chi connectivity index (χ2n) is 4.49. The molecule has 100 valence electrons. The Bertz CT molecular complexity index is 402. The van der Waals surface area contributed by atoms with Gasteiger partial charge in [0.25, 0.3) is 0 Å². The van der Waals surface area contributed by atoms with Crippen molar-refractivity contribution in [2.45, 2.75) is 31.6 Å². The summed E-state index contributed by atoms with van der Waals surface area (Å²) < 4.78 is 37.6. The molecule has 0 radical (unpaired) electrons. The van der Waals surface area contributed by atoms with Crippen LogP contribution in [-0.2, 0) is 6.54 Å². The Morgan fingerprint density at radius 1 is 1.39 bits per heavy atom. The summed E-state index contributed by atoms with van der Waals surface area (Å²) in [6.07, 6.45) is -2.56. The molecule has 0 spiro atoms. The third-order valence-corrected chi connectivity index (χ3v) is 2.78. The van der Waals surface area contributed by atoms with Crippen LogP contribution < -0.4 is 10.2 Å². The van der Waals surface area contributed by atoms with Crippen LogP contribution in [0.4, 0.5) is 19.0 Å². The monoisotopic (exact) mass is 259 g/mol. The first-order valence-electron chi connectivity index (χ1n) is 5.93. The maximum atomic E-state index is 12.5. The molecular weight excluding hydrogens is 243 g/mol. The van der Waals surface area contributed by atoms with Crippen molar-refractivity contribution in [2.75, 3.05) is 18.5 Å². The fourth-order valence-electron chi connectivity index (χ4n) is 1.88. The van der Waals surface area contributed by atoms with Crippen LogP contribution in [0.5, 0.6) is 0 Å². The topological polar surface area (TPSA) is 28.2 Å². The van der Waals surface area contributed by atoms with Crippen LogP contribution in [0.1, 0.15) is 18.5 Å². The minimum atomic E-state index is -4.19. The minimum Gasteiger partial charge on any atom is -0.345 e. The molecule has 1 aliphatic rings. The van der Waals surface area contributed by atoms with E-state index in [0.29, 0.717) is 12.4 Å². The third kappa shape index (κ3) is 3.60. The highest BCUT2D eigenvalue weighted by Crippen LogP contribution is 2.33. The Hall–Kier alpha value is -1.30. The largest absolute Gasteiger partial charge is 0.405 e. The summed E-state index contributed by atoms with van der Waals surface area (Å²) in [4.78, 5) is 5.63. The Morgan fingerprint density at radius 2 is 2.11 bits per heavy atom. The van der Waals surface area contributed by atoms with E-state index in [1.54, 1.807) is 25.2 Å². The molecule has 1 aliphatic carbocycles. The van der Waals surface area contributed by atoms with Crippen LogP contribution in [0, 0.1) is 0 Å². The summed E-state index contributed by atoms with van der Waals surface area (Å²) in [7, 11) is 1.78. The number of nitrogens with zero attached hydrogens (tertiary/aromatic N) is 2. The van der Waals surface area contributed by atoms with E-state index >= 15 is 0 Å². The maximum Gasteiger partial charge on any atom is 0.405 e. The number of alkyl halides is 3. The first-order chi connectivity index (χ1) is 8.49. The number of pyridine rings is 1. The van der Waals surface area contributed by atoms with Crippen molar-refractivity contribution in [3.05, 3.63) is 23.9 Å². The molecule has 1 fully saturated rings. The Kier molecular flexibility index (Phi) is 3.75. The van der Waals surface area contributed by atoms with Crippen molar-refractivity contribution < 1.29 is 13.2 Å². The van der Waals surface area contributed by atoms with Gasteiger partial charge in [0.15, 0.2) is 0 Å². The van der Waals surface area contributed by atoms with Crippen molar-refractivity contribution in [3.8, 4) is 0 Å². The van der Waals surface area contributed by atoms with Crippen LogP contribution in [0.15, 0.2) is 18.2 Å². The van der Waals surface area contributed by atoms with E-state index in [2.05, 4.69) is 10.3 Å². The van der Waals surface area contributed by atoms with Crippen LogP contribution in [0.3, 0.4) is 0 Å². The quantitative estimate of drug-likeness (QED) is 0.879. The van der Waals surface area contributed by atoms with Gasteiger partial charge in [-0.15, -0.1) is 0 Å². The number of aromatic nitrogens is 1. The molecule has 2 rings (SSSR count). The van der Waals surface area contributed by atoms with Gasteiger partial charge in [-0.3, -0.25) is 0 Å². The van der Waals surface area contributed by atoms with E-state index in [1.807, 2.05) is 0 Å². The van der Waals surface area contributed by atoms with E-state index in [0.717, 1.165) is 18.5 Å². The molecule has 1 heterocycles. The smallest absolute Gasteiger partial charge is 0.345 e. The zero-order valence-corrected chi connectivity index (χ0v) is 10.2. The van der Waals surface area contributed by atoms with Gasteiger partial charge >= 0.3 is 6.18 Å². The molecule has 1 aromatic rings. The second-order valence-corrected chi connectivity index (χ2v) is 4.49. The normalized spacial score (nSPS) is 15.8. The fourth-order valence-corrected chi connectivity index (χ4v) is 1.88. The standard InChI is InChI=1S/C12H16F3N3/c1-16-7-9-3-2-4-11(17-9)18(10-5-6-10)8-12(13,14)15/h2-4,10,16H,5-8H2,1H3. The van der Waals surface area contributed by atoms with Gasteiger partial charge in [-0.25, -0.2) is 4.98 Å². The van der Waals surface area contributed by atoms with Crippen molar-refractivity contribution in [1.82, 2.24) is 10.3 Å². The van der Waals surface area contributed by atoms with Crippen LogP contribution >= 0.6 is 0 Å². The van der Waals surface area contributed by atoms with Crippen molar-refractivity contribution >= 4 is 5.82 Å². The summed E-state index contributed by atoms with van der Waals surface area (Å²) in [6.45, 7) is -0.369. The molecule has 3 nitrogen and oxygen atoms in total. The van der Waals surface area contributed by atoms with E-state index in [4.69, 9.17) is 0 Å². The van der Waals surface area contributed by atoms with Crippen molar-refractivity contribution in [3.63, 3.8) is 0 Å². The lowest BCUT2D eigenvalue weighted by Gasteiger charge is -2.25. The summed E-state index contributed by atoms with van der Waals surface area (Å²) in [5.74, 6) is 0.419. The number of hydrogen-bond donors (Lipinski definition) is 1. The summed E-state index contributed by atoms with van der Waals surface area (Å²) >= 11 is 0. The summed E-state index contributed by atoms with van der Waals surface area (Å²) in [6, 6.07) is 5.19. The van der Waals surface area contributed by atoms with Gasteiger partial charge in [0.1, 0.15) is 12.4 Å². The van der Waals surface area contributed by atoms with Gasteiger partial charge in [-0.05, 0) is 32.0 Å². The van der Waals surface area contributed by atoms with Crippen LogP contribution in [-0.4, -0.2) is 30.8 Å². The SMILES string of the molecule is CNCc1cccc(N(CC(F)(F)F)C2CC2)n1. The zero-order chi connectivity index (χ0) is 13.2. The minimum absolute atomic E-state index is 0.0102. The molecule has 0 aromatic carbocycles. The number of hydrogen-bond acceptors (Lipinski definition) is 3. The lowest BCUT2D eigenvalue weighted by atomic mass is 10.3. The lowest BCUT2D eigenvalue weighted by molar-refractivity contribution is -0.120. The predicted molar refractivity (Wildman–Crippen MR) is 63.4 cm³/mol. The highest BCUT2D eigenvalue weighted by molar-refractivity contribution is 5.42. The van der Waals surface area contributed by atoms with Gasteiger partial charge in [0.2, 0.25) is 0 Å². The van der Waals surface area contributed by atoms with E-state index < -0.39 is 12.7 Å². The molecule has 6 heteroatoms. The Morgan fingerprint density at radius 3 is 2.67 bits per heavy atom. The lowest BCUT2D eigenvalue weighted by Crippen LogP contribution is -2.36. The van der Waals surface area contributed by atoms with Crippen LogP contribution in [0.2, 0.25) is 0 Å². The summed E-state index contributed by atoms with van der Waals surface area (Å²) in [5.41, 5.74) is 0.753. The Balaban J connectivity index is 2.17. The van der Waals surface area contributed by atoms with Gasteiger partial charge in [0.05, 0.1) is 5.69 Å². The molecule has 0 saturated heterocycles. The molecule has 18 heavy (non-hydrogen) atoms. The summed E-state index contributed by atoms with van der Waals surface area (Å²) in [5, 5.41) is 2.94.